The molecule has 0 fully saturated rings. The van der Waals surface area contributed by atoms with E-state index in [1.54, 1.807) is 0 Å². The first kappa shape index (κ1) is 25.8. The number of fused-ring (bicyclic) bond motifs is 3. The molecule has 7 aromatic rings. The molecule has 0 bridgehead atoms. The number of benzene rings is 4. The zero-order valence-corrected chi connectivity index (χ0v) is 24.2. The third-order valence-corrected chi connectivity index (χ3v) is 8.00. The van der Waals surface area contributed by atoms with E-state index in [4.69, 9.17) is 9.40 Å². The topological polar surface area (TPSA) is 48.6 Å². The molecule has 6 nitrogen and oxygen atoms in total. The molecule has 4 heterocycles. The summed E-state index contributed by atoms with van der Waals surface area (Å²) in [7, 11) is 0. The molecule has 44 heavy (non-hydrogen) atoms. The van der Waals surface area contributed by atoms with Crippen molar-refractivity contribution in [2.75, 3.05) is 21.4 Å². The fourth-order valence-corrected chi connectivity index (χ4v) is 5.85. The number of hydrogen-bond donors (Lipinski definition) is 0. The predicted molar refractivity (Wildman–Crippen MR) is 180 cm³/mol. The van der Waals surface area contributed by atoms with Gasteiger partial charge in [0.25, 0.3) is 0 Å². The van der Waals surface area contributed by atoms with Crippen molar-refractivity contribution in [1.29, 1.82) is 0 Å². The van der Waals surface area contributed by atoms with Crippen LogP contribution in [0.5, 0.6) is 0 Å². The molecular weight excluding hydrogens is 542 g/mol. The summed E-state index contributed by atoms with van der Waals surface area (Å²) in [6.45, 7) is 2.72. The average molecular weight is 572 g/mol. The van der Waals surface area contributed by atoms with Gasteiger partial charge in [-0.15, -0.1) is 0 Å². The Morgan fingerprint density at radius 2 is 1.32 bits per heavy atom. The van der Waals surface area contributed by atoms with Crippen molar-refractivity contribution in [3.8, 4) is 11.3 Å². The minimum atomic E-state index is 0.646. The number of furan rings is 1. The first-order valence-corrected chi connectivity index (χ1v) is 14.7. The third-order valence-electron chi connectivity index (χ3n) is 8.00. The number of pyridine rings is 2. The van der Waals surface area contributed by atoms with E-state index in [0.717, 1.165) is 62.9 Å². The van der Waals surface area contributed by atoms with Crippen molar-refractivity contribution in [3.63, 3.8) is 0 Å². The van der Waals surface area contributed by atoms with Crippen LogP contribution in [0, 0.1) is 6.92 Å². The number of aromatic nitrogens is 2. The van der Waals surface area contributed by atoms with Crippen molar-refractivity contribution in [2.45, 2.75) is 6.92 Å². The van der Waals surface area contributed by atoms with Gasteiger partial charge in [0.1, 0.15) is 11.4 Å². The zero-order valence-electron chi connectivity index (χ0n) is 24.2. The molecule has 0 saturated carbocycles. The van der Waals surface area contributed by atoms with Crippen LogP contribution in [0.4, 0.5) is 28.6 Å². The lowest BCUT2D eigenvalue weighted by atomic mass is 10.1. The van der Waals surface area contributed by atoms with Crippen LogP contribution < -0.4 is 14.7 Å². The molecule has 1 aliphatic heterocycles. The molecule has 0 saturated heterocycles. The van der Waals surface area contributed by atoms with Crippen LogP contribution >= 0.6 is 0 Å². The monoisotopic (exact) mass is 571 g/mol. The maximum atomic E-state index is 6.32. The van der Waals surface area contributed by atoms with Gasteiger partial charge in [-0.05, 0) is 79.7 Å². The number of anilines is 5. The lowest BCUT2D eigenvalue weighted by Gasteiger charge is -2.27. The van der Waals surface area contributed by atoms with Crippen LogP contribution in [0.2, 0.25) is 0 Å². The van der Waals surface area contributed by atoms with Crippen molar-refractivity contribution in [1.82, 2.24) is 9.97 Å². The van der Waals surface area contributed by atoms with Gasteiger partial charge in [0.2, 0.25) is 5.71 Å². The van der Waals surface area contributed by atoms with Gasteiger partial charge in [-0.2, -0.15) is 0 Å². The highest BCUT2D eigenvalue weighted by Crippen LogP contribution is 2.39. The Balaban J connectivity index is 1.19. The van der Waals surface area contributed by atoms with Gasteiger partial charge in [-0.1, -0.05) is 60.7 Å². The molecule has 0 amide bonds. The Kier molecular flexibility index (Phi) is 6.30. The molecule has 8 rings (SSSR count). The molecule has 0 radical (unpaired) electrons. The summed E-state index contributed by atoms with van der Waals surface area (Å²) in [6.07, 6.45) is 4.25. The number of aryl methyl sites for hydroxylation is 1. The molecule has 0 aliphatic carbocycles. The van der Waals surface area contributed by atoms with E-state index < -0.39 is 0 Å². The number of hydrogen-bond acceptors (Lipinski definition) is 6. The average Bonchev–Trinajstić information content (AvgIpc) is 3.71. The highest BCUT2D eigenvalue weighted by molar-refractivity contribution is 6.08. The molecule has 0 spiro atoms. The fourth-order valence-electron chi connectivity index (χ4n) is 5.85. The lowest BCUT2D eigenvalue weighted by molar-refractivity contribution is 0.653. The number of rotatable bonds is 6. The smallest absolute Gasteiger partial charge is 0.227 e. The second kappa shape index (κ2) is 10.7. The van der Waals surface area contributed by atoms with Crippen molar-refractivity contribution in [3.05, 3.63) is 152 Å². The molecular formula is C38H29N5O. The van der Waals surface area contributed by atoms with Gasteiger partial charge in [-0.25, -0.2) is 9.97 Å². The first-order valence-electron chi connectivity index (χ1n) is 14.7. The second-order valence-corrected chi connectivity index (χ2v) is 10.9. The van der Waals surface area contributed by atoms with E-state index in [9.17, 15) is 0 Å². The summed E-state index contributed by atoms with van der Waals surface area (Å²) in [5, 5.41) is 2.04. The summed E-state index contributed by atoms with van der Waals surface area (Å²) in [6, 6.07) is 45.9. The van der Waals surface area contributed by atoms with Crippen LogP contribution in [-0.2, 0) is 0 Å². The number of nitrogens with zero attached hydrogens (tertiary/aromatic N) is 5. The second-order valence-electron chi connectivity index (χ2n) is 10.9. The van der Waals surface area contributed by atoms with Crippen molar-refractivity contribution in [2.24, 2.45) is 0 Å². The van der Waals surface area contributed by atoms with Crippen molar-refractivity contribution < 1.29 is 4.42 Å². The summed E-state index contributed by atoms with van der Waals surface area (Å²) in [5.74, 6) is 0.816. The van der Waals surface area contributed by atoms with Crippen LogP contribution in [0.1, 0.15) is 5.69 Å². The maximum Gasteiger partial charge on any atom is 0.227 e. The maximum absolute atomic E-state index is 6.32. The van der Waals surface area contributed by atoms with Crippen LogP contribution in [0.3, 0.4) is 0 Å². The summed E-state index contributed by atoms with van der Waals surface area (Å²) in [4.78, 5) is 16.5. The normalized spacial score (nSPS) is 12.8. The Morgan fingerprint density at radius 1 is 0.614 bits per heavy atom. The SMILES string of the molecule is Cc1ccc2c(n1)oc1c(-c3cccc(N(c4ccccc4)c4cccc(N5C=CN(c6ccccc6)C5)c4)n3)cccc12. The molecule has 3 aromatic heterocycles. The van der Waals surface area contributed by atoms with Crippen LogP contribution in [0.15, 0.2) is 150 Å². The molecule has 1 aliphatic rings. The molecule has 0 atom stereocenters. The van der Waals surface area contributed by atoms with Crippen LogP contribution in [0.25, 0.3) is 33.3 Å². The van der Waals surface area contributed by atoms with E-state index in [2.05, 4.69) is 141 Å². The summed E-state index contributed by atoms with van der Waals surface area (Å²) < 4.78 is 6.32. The van der Waals surface area contributed by atoms with E-state index in [-0.39, 0.29) is 0 Å². The molecule has 4 aromatic carbocycles. The third kappa shape index (κ3) is 4.63. The molecule has 6 heteroatoms. The Labute approximate surface area is 255 Å². The fraction of sp³-hybridized carbons (Fsp3) is 0.0526. The highest BCUT2D eigenvalue weighted by Gasteiger charge is 2.20. The predicted octanol–water partition coefficient (Wildman–Crippen LogP) is 9.58. The minimum absolute atomic E-state index is 0.646. The van der Waals surface area contributed by atoms with Gasteiger partial charge in [-0.3, -0.25) is 4.90 Å². The largest absolute Gasteiger partial charge is 0.437 e. The van der Waals surface area contributed by atoms with Crippen molar-refractivity contribution >= 4 is 50.6 Å². The van der Waals surface area contributed by atoms with Gasteiger partial charge in [0.05, 0.1) is 12.4 Å². The zero-order chi connectivity index (χ0) is 29.5. The summed E-state index contributed by atoms with van der Waals surface area (Å²) in [5.41, 5.74) is 8.45. The molecule has 0 unspecified atom stereocenters. The van der Waals surface area contributed by atoms with E-state index in [1.807, 2.05) is 31.2 Å². The Bertz CT molecular complexity index is 2140. The standard InChI is InChI=1S/C38H29N5O/c1-27-21-22-33-32-17-9-18-34(37(32)44-38(33)39-27)35-19-10-20-36(40-35)43(29-13-6-3-7-14-29)31-16-8-15-30(25-31)42-24-23-41(26-42)28-11-4-2-5-12-28/h2-25H,26H2,1H3. The van der Waals surface area contributed by atoms with Gasteiger partial charge < -0.3 is 14.2 Å². The molecule has 0 N–H and O–H groups in total. The number of para-hydroxylation sites is 3. The quantitative estimate of drug-likeness (QED) is 0.198. The van der Waals surface area contributed by atoms with Gasteiger partial charge in [0.15, 0.2) is 0 Å². The van der Waals surface area contributed by atoms with E-state index in [0.29, 0.717) is 5.71 Å². The van der Waals surface area contributed by atoms with Crippen LogP contribution in [-0.4, -0.2) is 16.6 Å². The minimum Gasteiger partial charge on any atom is -0.437 e. The van der Waals surface area contributed by atoms with Gasteiger partial charge in [0, 0.05) is 57.2 Å². The Morgan fingerprint density at radius 3 is 2.16 bits per heavy atom. The first-order chi connectivity index (χ1) is 21.7. The van der Waals surface area contributed by atoms with Gasteiger partial charge >= 0.3 is 0 Å². The lowest BCUT2D eigenvalue weighted by Crippen LogP contribution is -2.24. The summed E-state index contributed by atoms with van der Waals surface area (Å²) >= 11 is 0. The highest BCUT2D eigenvalue weighted by atomic mass is 16.3. The molecule has 212 valence electrons. The van der Waals surface area contributed by atoms with E-state index in [1.165, 1.54) is 5.69 Å². The Hall–Kier alpha value is -5.88. The van der Waals surface area contributed by atoms with E-state index >= 15 is 0 Å².